The van der Waals surface area contributed by atoms with E-state index in [0.29, 0.717) is 0 Å². The Kier molecular flexibility index (Phi) is 2.81. The summed E-state index contributed by atoms with van der Waals surface area (Å²) in [6.07, 6.45) is 3.90. The van der Waals surface area contributed by atoms with Gasteiger partial charge in [-0.3, -0.25) is 4.40 Å². The molecule has 0 saturated carbocycles. The first-order valence-electron chi connectivity index (χ1n) is 5.72. The summed E-state index contributed by atoms with van der Waals surface area (Å²) in [5, 5.41) is 0. The molecule has 0 aliphatic carbocycles. The van der Waals surface area contributed by atoms with Crippen molar-refractivity contribution in [2.45, 2.75) is 13.8 Å². The molecule has 1 aromatic carbocycles. The molecule has 0 aliphatic heterocycles. The number of hydrogen-bond acceptors (Lipinski definition) is 2. The van der Waals surface area contributed by atoms with Crippen LogP contribution < -0.4 is 0 Å². The minimum Gasteiger partial charge on any atom is -0.295 e. The molecule has 0 atom stereocenters. The minimum atomic E-state index is 0.966. The van der Waals surface area contributed by atoms with E-state index in [-0.39, 0.29) is 0 Å². The van der Waals surface area contributed by atoms with E-state index in [9.17, 15) is 0 Å². The van der Waals surface area contributed by atoms with Crippen LogP contribution in [0.5, 0.6) is 0 Å². The van der Waals surface area contributed by atoms with Crippen LogP contribution in [-0.2, 0) is 0 Å². The summed E-state index contributed by atoms with van der Waals surface area (Å²) in [4.78, 5) is 8.97. The van der Waals surface area contributed by atoms with Crippen molar-refractivity contribution in [3.63, 3.8) is 0 Å². The third-order valence-corrected chi connectivity index (χ3v) is 3.51. The normalized spacial score (nSPS) is 11.1. The van der Waals surface area contributed by atoms with Crippen LogP contribution in [0.2, 0.25) is 0 Å². The van der Waals surface area contributed by atoms with Crippen LogP contribution in [-0.4, -0.2) is 14.4 Å². The molecular weight excluding hydrogens is 337 g/mol. The summed E-state index contributed by atoms with van der Waals surface area (Å²) < 4.78 is 3.08. The van der Waals surface area contributed by atoms with Crippen molar-refractivity contribution >= 4 is 28.1 Å². The van der Waals surface area contributed by atoms with E-state index in [1.54, 1.807) is 0 Å². The summed E-state index contributed by atoms with van der Waals surface area (Å²) in [5.41, 5.74) is 4.45. The first-order valence-corrected chi connectivity index (χ1v) is 6.80. The average molecular weight is 349 g/mol. The Morgan fingerprint density at radius 3 is 2.56 bits per heavy atom. The average Bonchev–Trinajstić information content (AvgIpc) is 2.74. The highest BCUT2D eigenvalue weighted by Crippen LogP contribution is 2.22. The van der Waals surface area contributed by atoms with Gasteiger partial charge in [-0.25, -0.2) is 9.97 Å². The first kappa shape index (κ1) is 11.6. The topological polar surface area (TPSA) is 30.2 Å². The van der Waals surface area contributed by atoms with E-state index in [0.717, 1.165) is 26.3 Å². The molecule has 0 N–H and O–H groups in total. The predicted octanol–water partition coefficient (Wildman–Crippen LogP) is 3.62. The predicted molar refractivity (Wildman–Crippen MR) is 80.6 cm³/mol. The highest BCUT2D eigenvalue weighted by Gasteiger charge is 2.09. The van der Waals surface area contributed by atoms with Gasteiger partial charge in [-0.1, -0.05) is 29.8 Å². The maximum Gasteiger partial charge on any atom is 0.144 e. The fraction of sp³-hybridized carbons (Fsp3) is 0.143. The lowest BCUT2D eigenvalue weighted by atomic mass is 10.1. The fourth-order valence-electron chi connectivity index (χ4n) is 2.03. The molecule has 0 spiro atoms. The van der Waals surface area contributed by atoms with E-state index in [4.69, 9.17) is 0 Å². The Morgan fingerprint density at radius 2 is 1.83 bits per heavy atom. The molecule has 0 unspecified atom stereocenters. The standard InChI is InChI=1S/C14H12IN3/c1-9-3-5-11(6-4-9)14-16-7-12-10(2)17-13(15)8-18(12)14/h3-8H,1-2H3. The lowest BCUT2D eigenvalue weighted by Gasteiger charge is -2.04. The molecule has 4 heteroatoms. The van der Waals surface area contributed by atoms with Crippen molar-refractivity contribution in [1.29, 1.82) is 0 Å². The van der Waals surface area contributed by atoms with Gasteiger partial charge >= 0.3 is 0 Å². The Labute approximate surface area is 119 Å². The van der Waals surface area contributed by atoms with Gasteiger partial charge in [-0.05, 0) is 36.4 Å². The molecule has 0 bridgehead atoms. The summed E-state index contributed by atoms with van der Waals surface area (Å²) in [7, 11) is 0. The Bertz CT molecular complexity index is 714. The Morgan fingerprint density at radius 1 is 1.11 bits per heavy atom. The van der Waals surface area contributed by atoms with Crippen molar-refractivity contribution in [1.82, 2.24) is 14.4 Å². The largest absolute Gasteiger partial charge is 0.295 e. The van der Waals surface area contributed by atoms with E-state index in [2.05, 4.69) is 68.1 Å². The summed E-state index contributed by atoms with van der Waals surface area (Å²) in [5.74, 6) is 0.966. The minimum absolute atomic E-state index is 0.966. The van der Waals surface area contributed by atoms with Crippen LogP contribution in [0.3, 0.4) is 0 Å². The number of fused-ring (bicyclic) bond motifs is 1. The van der Waals surface area contributed by atoms with E-state index in [1.165, 1.54) is 5.56 Å². The van der Waals surface area contributed by atoms with Crippen molar-refractivity contribution in [2.75, 3.05) is 0 Å². The molecule has 0 amide bonds. The first-order chi connectivity index (χ1) is 8.65. The van der Waals surface area contributed by atoms with E-state index >= 15 is 0 Å². The lowest BCUT2D eigenvalue weighted by Crippen LogP contribution is -1.96. The zero-order valence-corrected chi connectivity index (χ0v) is 12.3. The summed E-state index contributed by atoms with van der Waals surface area (Å²) in [6, 6.07) is 8.42. The second-order valence-electron chi connectivity index (χ2n) is 4.35. The Hall–Kier alpha value is -1.43. The van der Waals surface area contributed by atoms with Crippen LogP contribution in [0.4, 0.5) is 0 Å². The molecule has 18 heavy (non-hydrogen) atoms. The van der Waals surface area contributed by atoms with E-state index < -0.39 is 0 Å². The van der Waals surface area contributed by atoms with Gasteiger partial charge < -0.3 is 0 Å². The van der Waals surface area contributed by atoms with Gasteiger partial charge in [0.1, 0.15) is 9.53 Å². The van der Waals surface area contributed by atoms with Gasteiger partial charge in [0, 0.05) is 11.8 Å². The highest BCUT2D eigenvalue weighted by molar-refractivity contribution is 14.1. The van der Waals surface area contributed by atoms with Gasteiger partial charge in [0.25, 0.3) is 0 Å². The number of aromatic nitrogens is 3. The number of imidazole rings is 1. The Balaban J connectivity index is 2.27. The molecule has 0 aliphatic rings. The molecule has 0 fully saturated rings. The maximum atomic E-state index is 4.52. The molecule has 3 nitrogen and oxygen atoms in total. The monoisotopic (exact) mass is 349 g/mol. The summed E-state index contributed by atoms with van der Waals surface area (Å²) in [6.45, 7) is 4.10. The van der Waals surface area contributed by atoms with Gasteiger partial charge in [-0.2, -0.15) is 0 Å². The molecule has 3 aromatic rings. The second-order valence-corrected chi connectivity index (χ2v) is 5.46. The quantitative estimate of drug-likeness (QED) is 0.628. The van der Waals surface area contributed by atoms with Crippen LogP contribution in [0.15, 0.2) is 36.7 Å². The second kappa shape index (κ2) is 4.35. The zero-order chi connectivity index (χ0) is 12.7. The number of aryl methyl sites for hydroxylation is 2. The van der Waals surface area contributed by atoms with Crippen LogP contribution in [0.25, 0.3) is 16.9 Å². The number of halogens is 1. The summed E-state index contributed by atoms with van der Waals surface area (Å²) >= 11 is 2.23. The molecule has 2 aromatic heterocycles. The van der Waals surface area contributed by atoms with Gasteiger partial charge in [-0.15, -0.1) is 0 Å². The molecule has 2 heterocycles. The number of nitrogens with zero attached hydrogens (tertiary/aromatic N) is 3. The highest BCUT2D eigenvalue weighted by atomic mass is 127. The zero-order valence-electron chi connectivity index (χ0n) is 10.2. The van der Waals surface area contributed by atoms with Crippen molar-refractivity contribution in [3.8, 4) is 11.4 Å². The number of rotatable bonds is 1. The van der Waals surface area contributed by atoms with E-state index in [1.807, 2.05) is 19.3 Å². The molecule has 90 valence electrons. The number of benzene rings is 1. The van der Waals surface area contributed by atoms with Crippen molar-refractivity contribution in [3.05, 3.63) is 51.6 Å². The SMILES string of the molecule is Cc1ccc(-c2ncc3c(C)nc(I)cn23)cc1. The third kappa shape index (κ3) is 1.90. The molecule has 0 radical (unpaired) electrons. The fourth-order valence-corrected chi connectivity index (χ4v) is 2.67. The number of hydrogen-bond donors (Lipinski definition) is 0. The smallest absolute Gasteiger partial charge is 0.144 e. The van der Waals surface area contributed by atoms with Crippen LogP contribution in [0.1, 0.15) is 11.3 Å². The maximum absolute atomic E-state index is 4.52. The lowest BCUT2D eigenvalue weighted by molar-refractivity contribution is 1.06. The molecular formula is C14H12IN3. The van der Waals surface area contributed by atoms with Crippen LogP contribution in [0, 0.1) is 17.5 Å². The van der Waals surface area contributed by atoms with Crippen LogP contribution >= 0.6 is 22.6 Å². The van der Waals surface area contributed by atoms with Crippen molar-refractivity contribution < 1.29 is 0 Å². The molecule has 0 saturated heterocycles. The van der Waals surface area contributed by atoms with Gasteiger partial charge in [0.05, 0.1) is 17.4 Å². The van der Waals surface area contributed by atoms with Gasteiger partial charge in [0.15, 0.2) is 0 Å². The van der Waals surface area contributed by atoms with Gasteiger partial charge in [0.2, 0.25) is 0 Å². The molecule has 3 rings (SSSR count). The third-order valence-electron chi connectivity index (χ3n) is 2.99. The van der Waals surface area contributed by atoms with Crippen molar-refractivity contribution in [2.24, 2.45) is 0 Å².